The van der Waals surface area contributed by atoms with Crippen LogP contribution in [0.1, 0.15) is 99.8 Å². The van der Waals surface area contributed by atoms with Crippen molar-refractivity contribution >= 4 is 30.6 Å². The van der Waals surface area contributed by atoms with Crippen molar-refractivity contribution in [1.29, 1.82) is 0 Å². The van der Waals surface area contributed by atoms with E-state index < -0.39 is 8.32 Å². The molecule has 0 N–H and O–H groups in total. The first-order valence-electron chi connectivity index (χ1n) is 17.5. The van der Waals surface area contributed by atoms with Gasteiger partial charge in [-0.05, 0) is 83.5 Å². The third kappa shape index (κ3) is 6.41. The summed E-state index contributed by atoms with van der Waals surface area (Å²) in [4.78, 5) is 24.7. The molecule has 3 aliphatic carbocycles. The van der Waals surface area contributed by atoms with Gasteiger partial charge in [-0.3, -0.25) is 9.59 Å². The number of rotatable bonds is 9. The summed E-state index contributed by atoms with van der Waals surface area (Å²) in [6.45, 7) is 19.9. The molecule has 46 heavy (non-hydrogen) atoms. The first kappa shape index (κ1) is 34.6. The smallest absolute Gasteiger partial charge is 0.302 e. The SMILES string of the molecule is C=C1CC[C@@H]2[C@H](OC(C)=O)[C@H]([C@@]3(C)CC[C@H](OC(C)=O)C[C@@H]3CCO[Si](c3ccccc3)(c3ccccc3)C(C)(C)C)CC[C@]12C. The monoisotopic (exact) mass is 644 g/mol. The van der Waals surface area contributed by atoms with E-state index in [4.69, 9.17) is 13.9 Å². The van der Waals surface area contributed by atoms with Gasteiger partial charge in [-0.1, -0.05) is 107 Å². The molecule has 0 bridgehead atoms. The molecule has 5 rings (SSSR count). The fourth-order valence-corrected chi connectivity index (χ4v) is 14.4. The van der Waals surface area contributed by atoms with Gasteiger partial charge in [0.25, 0.3) is 8.32 Å². The van der Waals surface area contributed by atoms with Gasteiger partial charge < -0.3 is 13.9 Å². The van der Waals surface area contributed by atoms with E-state index in [1.807, 2.05) is 0 Å². The number of hydrogen-bond acceptors (Lipinski definition) is 5. The second-order valence-corrected chi connectivity index (χ2v) is 20.2. The fraction of sp³-hybridized carbons (Fsp3) is 0.600. The summed E-state index contributed by atoms with van der Waals surface area (Å²) < 4.78 is 19.6. The maximum Gasteiger partial charge on any atom is 0.302 e. The Morgan fingerprint density at radius 3 is 1.98 bits per heavy atom. The van der Waals surface area contributed by atoms with Crippen molar-refractivity contribution in [2.75, 3.05) is 6.61 Å². The molecule has 0 amide bonds. The van der Waals surface area contributed by atoms with Gasteiger partial charge in [0.1, 0.15) is 12.2 Å². The van der Waals surface area contributed by atoms with Crippen molar-refractivity contribution in [2.45, 2.75) is 117 Å². The van der Waals surface area contributed by atoms with Gasteiger partial charge in [-0.15, -0.1) is 0 Å². The van der Waals surface area contributed by atoms with Crippen molar-refractivity contribution in [3.05, 3.63) is 72.8 Å². The second-order valence-electron chi connectivity index (χ2n) is 15.9. The Balaban J connectivity index is 1.48. The summed E-state index contributed by atoms with van der Waals surface area (Å²) in [6.07, 6.45) is 7.31. The lowest BCUT2D eigenvalue weighted by Crippen LogP contribution is -2.66. The number of carbonyl (C=O) groups excluding carboxylic acids is 2. The van der Waals surface area contributed by atoms with Crippen LogP contribution in [0.15, 0.2) is 72.8 Å². The van der Waals surface area contributed by atoms with Gasteiger partial charge in [-0.25, -0.2) is 0 Å². The Hall–Kier alpha value is -2.70. The van der Waals surface area contributed by atoms with Crippen LogP contribution in [-0.2, 0) is 23.5 Å². The number of carbonyl (C=O) groups is 2. The van der Waals surface area contributed by atoms with Crippen molar-refractivity contribution in [3.8, 4) is 0 Å². The number of fused-ring (bicyclic) bond motifs is 1. The van der Waals surface area contributed by atoms with Gasteiger partial charge >= 0.3 is 11.9 Å². The molecule has 2 aromatic rings. The molecule has 3 aliphatic rings. The van der Waals surface area contributed by atoms with Gasteiger partial charge in [0.05, 0.1) is 0 Å². The normalized spacial score (nSPS) is 31.6. The molecule has 2 aromatic carbocycles. The van der Waals surface area contributed by atoms with Gasteiger partial charge in [0.2, 0.25) is 0 Å². The highest BCUT2D eigenvalue weighted by molar-refractivity contribution is 6.99. The predicted octanol–water partition coefficient (Wildman–Crippen LogP) is 8.01. The molecule has 6 heteroatoms. The molecule has 0 radical (unpaired) electrons. The molecular weight excluding hydrogens is 589 g/mol. The maximum absolute atomic E-state index is 12.6. The number of benzene rings is 2. The molecule has 0 aliphatic heterocycles. The first-order valence-corrected chi connectivity index (χ1v) is 19.4. The van der Waals surface area contributed by atoms with Crippen LogP contribution in [0.5, 0.6) is 0 Å². The molecule has 3 saturated carbocycles. The van der Waals surface area contributed by atoms with Crippen LogP contribution in [0.4, 0.5) is 0 Å². The standard InChI is InChI=1S/C40H56O5Si/c1-28-19-20-35-37(45-30(3)42)36(22-25-39(28,35)7)40(8)24-21-32(44-29(2)41)27-31(40)23-26-43-46(38(4,5)6,33-15-11-9-12-16-33)34-17-13-10-14-18-34/h9-18,31-32,35-37H,1,19-27H2,2-8H3/t31-,32-,35+,36+,37-,39+,40-/m0/s1. The first-order chi connectivity index (χ1) is 21.7. The van der Waals surface area contributed by atoms with E-state index in [0.29, 0.717) is 12.5 Å². The third-order valence-corrected chi connectivity index (χ3v) is 17.4. The van der Waals surface area contributed by atoms with E-state index in [9.17, 15) is 9.59 Å². The van der Waals surface area contributed by atoms with Gasteiger partial charge in [0.15, 0.2) is 0 Å². The molecule has 3 fully saturated rings. The molecule has 5 nitrogen and oxygen atoms in total. The zero-order valence-corrected chi connectivity index (χ0v) is 30.3. The Kier molecular flexibility index (Phi) is 10.1. The minimum Gasteiger partial charge on any atom is -0.463 e. The summed E-state index contributed by atoms with van der Waals surface area (Å²) in [7, 11) is -2.70. The summed E-state index contributed by atoms with van der Waals surface area (Å²) in [5.41, 5.74) is 1.24. The minimum atomic E-state index is -2.70. The van der Waals surface area contributed by atoms with E-state index in [2.05, 4.69) is 102 Å². The van der Waals surface area contributed by atoms with E-state index in [1.165, 1.54) is 22.9 Å². The number of hydrogen-bond donors (Lipinski definition) is 0. The Morgan fingerprint density at radius 2 is 1.43 bits per heavy atom. The zero-order valence-electron chi connectivity index (χ0n) is 29.3. The molecule has 250 valence electrons. The van der Waals surface area contributed by atoms with Crippen LogP contribution in [0, 0.1) is 28.6 Å². The van der Waals surface area contributed by atoms with Gasteiger partial charge in [0, 0.05) is 32.3 Å². The zero-order chi connectivity index (χ0) is 33.3. The number of esters is 2. The van der Waals surface area contributed by atoms with Crippen molar-refractivity contribution in [3.63, 3.8) is 0 Å². The van der Waals surface area contributed by atoms with Crippen molar-refractivity contribution in [2.24, 2.45) is 28.6 Å². The highest BCUT2D eigenvalue weighted by Gasteiger charge is 2.59. The lowest BCUT2D eigenvalue weighted by Gasteiger charge is -2.56. The van der Waals surface area contributed by atoms with Gasteiger partial charge in [-0.2, -0.15) is 0 Å². The maximum atomic E-state index is 12.6. The quantitative estimate of drug-likeness (QED) is 0.157. The molecule has 0 unspecified atom stereocenters. The van der Waals surface area contributed by atoms with Crippen LogP contribution in [0.2, 0.25) is 5.04 Å². The number of allylic oxidation sites excluding steroid dienone is 1. The summed E-state index contributed by atoms with van der Waals surface area (Å²) in [5, 5.41) is 2.45. The van der Waals surface area contributed by atoms with E-state index in [-0.39, 0.29) is 51.9 Å². The van der Waals surface area contributed by atoms with Crippen LogP contribution in [0.25, 0.3) is 0 Å². The average Bonchev–Trinajstić information content (AvgIpc) is 3.31. The topological polar surface area (TPSA) is 61.8 Å². The largest absolute Gasteiger partial charge is 0.463 e. The van der Waals surface area contributed by atoms with Crippen LogP contribution < -0.4 is 10.4 Å². The van der Waals surface area contributed by atoms with Crippen molar-refractivity contribution in [1.82, 2.24) is 0 Å². The van der Waals surface area contributed by atoms with E-state index >= 15 is 0 Å². The molecule has 0 saturated heterocycles. The predicted molar refractivity (Wildman–Crippen MR) is 187 cm³/mol. The number of ether oxygens (including phenoxy) is 2. The average molecular weight is 645 g/mol. The summed E-state index contributed by atoms with van der Waals surface area (Å²) >= 11 is 0. The summed E-state index contributed by atoms with van der Waals surface area (Å²) in [6, 6.07) is 21.6. The van der Waals surface area contributed by atoms with Crippen LogP contribution >= 0.6 is 0 Å². The van der Waals surface area contributed by atoms with Crippen LogP contribution in [-0.4, -0.2) is 39.1 Å². The molecule has 0 heterocycles. The fourth-order valence-electron chi connectivity index (χ4n) is 9.82. The Labute approximate surface area is 278 Å². The molecule has 0 aromatic heterocycles. The highest BCUT2D eigenvalue weighted by atomic mass is 28.4. The Bertz CT molecular complexity index is 1340. The summed E-state index contributed by atoms with van der Waals surface area (Å²) in [5.74, 6) is 0.365. The minimum absolute atomic E-state index is 0.0177. The Morgan fingerprint density at radius 1 is 0.848 bits per heavy atom. The molecular formula is C40H56O5Si. The van der Waals surface area contributed by atoms with Crippen LogP contribution in [0.3, 0.4) is 0 Å². The lowest BCUT2D eigenvalue weighted by molar-refractivity contribution is -0.177. The van der Waals surface area contributed by atoms with E-state index in [0.717, 1.165) is 51.4 Å². The third-order valence-electron chi connectivity index (χ3n) is 12.3. The second kappa shape index (κ2) is 13.4. The van der Waals surface area contributed by atoms with Crippen molar-refractivity contribution < 1.29 is 23.5 Å². The van der Waals surface area contributed by atoms with E-state index in [1.54, 1.807) is 6.92 Å². The highest BCUT2D eigenvalue weighted by Crippen LogP contribution is 2.62. The molecule has 7 atom stereocenters. The molecule has 0 spiro atoms. The lowest BCUT2D eigenvalue weighted by atomic mass is 9.51.